The van der Waals surface area contributed by atoms with E-state index in [1.54, 1.807) is 6.07 Å². The van der Waals surface area contributed by atoms with Crippen LogP contribution in [0.15, 0.2) is 50.7 Å². The molecule has 1 heterocycles. The smallest absolute Gasteiger partial charge is 0.383 e. The maximum absolute atomic E-state index is 12.9. The Hall–Kier alpha value is -2.69. The third-order valence-corrected chi connectivity index (χ3v) is 6.17. The maximum Gasteiger partial charge on any atom is 0.383 e. The van der Waals surface area contributed by atoms with Crippen molar-refractivity contribution in [1.29, 1.82) is 0 Å². The van der Waals surface area contributed by atoms with Crippen LogP contribution in [0.5, 0.6) is 17.2 Å². The molecule has 2 aromatic rings. The lowest BCUT2D eigenvalue weighted by molar-refractivity contribution is 0.223. The fourth-order valence-corrected chi connectivity index (χ4v) is 4.14. The third kappa shape index (κ3) is 11.1. The Morgan fingerprint density at radius 1 is 0.919 bits per heavy atom. The SMILES string of the molecule is CCCCCCCCCCOc1cccc2oc(=O)c(OCC=C(C)CCC=C(C)C)c(OC(C)C)c12. The number of unbranched alkanes of at least 4 members (excludes halogenated alkanes) is 7. The van der Waals surface area contributed by atoms with Crippen molar-refractivity contribution in [2.45, 2.75) is 112 Å². The summed E-state index contributed by atoms with van der Waals surface area (Å²) in [6, 6.07) is 5.51. The van der Waals surface area contributed by atoms with Gasteiger partial charge in [0.25, 0.3) is 0 Å². The van der Waals surface area contributed by atoms with Crippen molar-refractivity contribution in [3.05, 3.63) is 51.9 Å². The molecule has 1 aromatic carbocycles. The van der Waals surface area contributed by atoms with Crippen LogP contribution < -0.4 is 19.8 Å². The molecule has 0 spiro atoms. The van der Waals surface area contributed by atoms with E-state index in [-0.39, 0.29) is 18.5 Å². The fraction of sp³-hybridized carbons (Fsp3) is 0.594. The number of ether oxygens (including phenoxy) is 3. The summed E-state index contributed by atoms with van der Waals surface area (Å²) in [7, 11) is 0. The Morgan fingerprint density at radius 3 is 2.30 bits per heavy atom. The van der Waals surface area contributed by atoms with Crippen molar-refractivity contribution in [2.24, 2.45) is 0 Å². The zero-order valence-corrected chi connectivity index (χ0v) is 24.0. The molecule has 1 aromatic heterocycles. The maximum atomic E-state index is 12.9. The first-order valence-corrected chi connectivity index (χ1v) is 14.1. The highest BCUT2D eigenvalue weighted by atomic mass is 16.5. The molecular formula is C32H48O5. The van der Waals surface area contributed by atoms with Crippen molar-refractivity contribution in [3.8, 4) is 17.2 Å². The molecule has 0 unspecified atom stereocenters. The van der Waals surface area contributed by atoms with Crippen molar-refractivity contribution in [1.82, 2.24) is 0 Å². The van der Waals surface area contributed by atoms with E-state index in [1.807, 2.05) is 32.1 Å². The molecule has 5 nitrogen and oxygen atoms in total. The van der Waals surface area contributed by atoms with Gasteiger partial charge in [-0.3, -0.25) is 0 Å². The molecule has 0 N–H and O–H groups in total. The molecule has 0 saturated heterocycles. The van der Waals surface area contributed by atoms with Crippen molar-refractivity contribution < 1.29 is 18.6 Å². The topological polar surface area (TPSA) is 57.9 Å². The fourth-order valence-electron chi connectivity index (χ4n) is 4.14. The Bertz CT molecular complexity index is 1060. The van der Waals surface area contributed by atoms with Crippen LogP contribution in [0.3, 0.4) is 0 Å². The van der Waals surface area contributed by atoms with Crippen molar-refractivity contribution in [3.63, 3.8) is 0 Å². The van der Waals surface area contributed by atoms with Gasteiger partial charge >= 0.3 is 5.63 Å². The molecule has 0 aliphatic carbocycles. The van der Waals surface area contributed by atoms with Gasteiger partial charge in [0.1, 0.15) is 23.3 Å². The van der Waals surface area contributed by atoms with Gasteiger partial charge in [-0.1, -0.05) is 75.2 Å². The van der Waals surface area contributed by atoms with E-state index in [1.165, 1.54) is 49.7 Å². The second-order valence-corrected chi connectivity index (χ2v) is 10.3. The molecule has 206 valence electrons. The van der Waals surface area contributed by atoms with Gasteiger partial charge in [0.05, 0.1) is 12.7 Å². The number of hydrogen-bond acceptors (Lipinski definition) is 5. The molecule has 0 amide bonds. The summed E-state index contributed by atoms with van der Waals surface area (Å²) >= 11 is 0. The van der Waals surface area contributed by atoms with E-state index in [2.05, 4.69) is 33.8 Å². The molecule has 5 heteroatoms. The quantitative estimate of drug-likeness (QED) is 0.113. The van der Waals surface area contributed by atoms with Crippen LogP contribution >= 0.6 is 0 Å². The Labute approximate surface area is 223 Å². The lowest BCUT2D eigenvalue weighted by Gasteiger charge is -2.17. The van der Waals surface area contributed by atoms with Crippen LogP contribution in [-0.4, -0.2) is 19.3 Å². The zero-order chi connectivity index (χ0) is 27.0. The zero-order valence-electron chi connectivity index (χ0n) is 24.0. The highest BCUT2D eigenvalue weighted by Crippen LogP contribution is 2.39. The Kier molecular flexibility index (Phi) is 14.0. The van der Waals surface area contributed by atoms with Gasteiger partial charge in [0, 0.05) is 0 Å². The summed E-state index contributed by atoms with van der Waals surface area (Å²) in [6.07, 6.45) is 15.9. The summed E-state index contributed by atoms with van der Waals surface area (Å²) in [5, 5.41) is 0.648. The predicted octanol–water partition coefficient (Wildman–Crippen LogP) is 9.17. The molecule has 0 aliphatic heterocycles. The molecular weight excluding hydrogens is 464 g/mol. The minimum atomic E-state index is -0.543. The number of benzene rings is 1. The van der Waals surface area contributed by atoms with Gasteiger partial charge in [0.15, 0.2) is 5.75 Å². The van der Waals surface area contributed by atoms with Crippen LogP contribution in [-0.2, 0) is 0 Å². The highest BCUT2D eigenvalue weighted by molar-refractivity contribution is 5.91. The van der Waals surface area contributed by atoms with E-state index >= 15 is 0 Å². The first-order valence-electron chi connectivity index (χ1n) is 14.1. The van der Waals surface area contributed by atoms with Gasteiger partial charge in [-0.15, -0.1) is 0 Å². The lowest BCUT2D eigenvalue weighted by atomic mass is 10.1. The number of hydrogen-bond donors (Lipinski definition) is 0. The minimum absolute atomic E-state index is 0.0951. The molecule has 0 atom stereocenters. The summed E-state index contributed by atoms with van der Waals surface area (Å²) in [5.74, 6) is 1.14. The molecule has 37 heavy (non-hydrogen) atoms. The second kappa shape index (κ2) is 16.9. The Morgan fingerprint density at radius 2 is 1.62 bits per heavy atom. The van der Waals surface area contributed by atoms with Gasteiger partial charge in [0.2, 0.25) is 5.75 Å². The van der Waals surface area contributed by atoms with Gasteiger partial charge in [-0.2, -0.15) is 0 Å². The molecule has 0 radical (unpaired) electrons. The van der Waals surface area contributed by atoms with E-state index in [0.717, 1.165) is 25.7 Å². The van der Waals surface area contributed by atoms with Gasteiger partial charge in [-0.05, 0) is 72.1 Å². The molecule has 0 aliphatic rings. The van der Waals surface area contributed by atoms with Gasteiger partial charge in [-0.25, -0.2) is 4.79 Å². The normalized spacial score (nSPS) is 11.7. The number of fused-ring (bicyclic) bond motifs is 1. The van der Waals surface area contributed by atoms with Crippen molar-refractivity contribution in [2.75, 3.05) is 13.2 Å². The first kappa shape index (κ1) is 30.5. The van der Waals surface area contributed by atoms with Crippen LogP contribution in [0.2, 0.25) is 0 Å². The summed E-state index contributed by atoms with van der Waals surface area (Å²) in [6.45, 7) is 13.3. The van der Waals surface area contributed by atoms with E-state index in [9.17, 15) is 4.79 Å². The third-order valence-electron chi connectivity index (χ3n) is 6.17. The molecule has 0 saturated carbocycles. The van der Waals surface area contributed by atoms with E-state index in [4.69, 9.17) is 18.6 Å². The predicted molar refractivity (Wildman–Crippen MR) is 154 cm³/mol. The summed E-state index contributed by atoms with van der Waals surface area (Å²) < 4.78 is 23.9. The monoisotopic (exact) mass is 512 g/mol. The average molecular weight is 513 g/mol. The van der Waals surface area contributed by atoms with Crippen LogP contribution in [0.25, 0.3) is 11.0 Å². The first-order chi connectivity index (χ1) is 17.8. The lowest BCUT2D eigenvalue weighted by Crippen LogP contribution is -2.14. The number of rotatable bonds is 18. The van der Waals surface area contributed by atoms with Crippen molar-refractivity contribution >= 4 is 11.0 Å². The van der Waals surface area contributed by atoms with Crippen LogP contribution in [0.1, 0.15) is 106 Å². The standard InChI is InChI=1S/C32H48O5/c1-7-8-9-10-11-12-13-14-22-34-27-19-16-20-28-29(27)30(36-25(4)5)31(32(33)37-28)35-23-21-26(6)18-15-17-24(2)3/h16-17,19-21,25H,7-15,18,22-23H2,1-6H3. The summed E-state index contributed by atoms with van der Waals surface area (Å²) in [4.78, 5) is 12.9. The van der Waals surface area contributed by atoms with Crippen LogP contribution in [0.4, 0.5) is 0 Å². The molecule has 0 fully saturated rings. The van der Waals surface area contributed by atoms with E-state index < -0.39 is 5.63 Å². The van der Waals surface area contributed by atoms with E-state index in [0.29, 0.717) is 29.1 Å². The van der Waals surface area contributed by atoms with Gasteiger partial charge < -0.3 is 18.6 Å². The Balaban J connectivity index is 2.14. The summed E-state index contributed by atoms with van der Waals surface area (Å²) in [5.41, 5.74) is 2.42. The minimum Gasteiger partial charge on any atom is -0.493 e. The number of allylic oxidation sites excluding steroid dienone is 3. The highest BCUT2D eigenvalue weighted by Gasteiger charge is 2.22. The second-order valence-electron chi connectivity index (χ2n) is 10.3. The van der Waals surface area contributed by atoms with Crippen LogP contribution in [0, 0.1) is 0 Å². The average Bonchev–Trinajstić information content (AvgIpc) is 2.84. The molecule has 0 bridgehead atoms. The largest absolute Gasteiger partial charge is 0.493 e. The molecule has 2 rings (SSSR count).